The van der Waals surface area contributed by atoms with Gasteiger partial charge in [0.2, 0.25) is 11.8 Å². The smallest absolute Gasteiger partial charge is 0.216 e. The van der Waals surface area contributed by atoms with Crippen LogP contribution in [0.2, 0.25) is 0 Å². The number of rotatable bonds is 6. The van der Waals surface area contributed by atoms with Gasteiger partial charge in [-0.25, -0.2) is 0 Å². The molecule has 1 aromatic carbocycles. The summed E-state index contributed by atoms with van der Waals surface area (Å²) in [6, 6.07) is 9.63. The summed E-state index contributed by atoms with van der Waals surface area (Å²) in [7, 11) is 3.04. The molecule has 1 unspecified atom stereocenters. The Kier molecular flexibility index (Phi) is 5.13. The zero-order valence-electron chi connectivity index (χ0n) is 11.6. The number of aromatic nitrogens is 1. The van der Waals surface area contributed by atoms with E-state index in [1.165, 1.54) is 26.4 Å². The van der Waals surface area contributed by atoms with Crippen LogP contribution in [0.5, 0.6) is 17.5 Å². The van der Waals surface area contributed by atoms with E-state index < -0.39 is 11.1 Å². The molecule has 0 spiro atoms. The van der Waals surface area contributed by atoms with Crippen molar-refractivity contribution < 1.29 is 23.0 Å². The van der Waals surface area contributed by atoms with Gasteiger partial charge in [-0.05, 0) is 40.9 Å². The second kappa shape index (κ2) is 7.05. The normalized spacial score (nSPS) is 11.8. The third-order valence-electron chi connectivity index (χ3n) is 2.68. The second-order valence-electron chi connectivity index (χ2n) is 4.05. The standard InChI is InChI=1S/C14H15NO5S/c1-18-13-7-10(8-14(15-13)19-2)9-20-11-3-5-12(6-4-11)21(16)17/h3-8H,9H2,1-2H3,(H,16,17)/p-1. The molecule has 112 valence electrons. The maximum Gasteiger partial charge on any atom is 0.216 e. The molecular formula is C14H14NO5S-. The average molecular weight is 308 g/mol. The van der Waals surface area contributed by atoms with Crippen molar-refractivity contribution >= 4 is 11.1 Å². The predicted octanol–water partition coefficient (Wildman–Crippen LogP) is 1.92. The molecule has 1 aromatic heterocycles. The number of ether oxygens (including phenoxy) is 3. The molecular weight excluding hydrogens is 294 g/mol. The van der Waals surface area contributed by atoms with Gasteiger partial charge in [0.15, 0.2) is 0 Å². The Morgan fingerprint density at radius 3 is 2.14 bits per heavy atom. The first-order valence-corrected chi connectivity index (χ1v) is 7.11. The van der Waals surface area contributed by atoms with Crippen molar-refractivity contribution in [1.82, 2.24) is 4.98 Å². The lowest BCUT2D eigenvalue weighted by Crippen LogP contribution is -1.99. The Bertz CT molecular complexity index is 608. The van der Waals surface area contributed by atoms with E-state index in [2.05, 4.69) is 4.98 Å². The lowest BCUT2D eigenvalue weighted by Gasteiger charge is -2.10. The maximum absolute atomic E-state index is 10.8. The summed E-state index contributed by atoms with van der Waals surface area (Å²) >= 11 is -2.23. The molecule has 0 radical (unpaired) electrons. The zero-order chi connectivity index (χ0) is 15.2. The quantitative estimate of drug-likeness (QED) is 0.758. The van der Waals surface area contributed by atoms with Crippen molar-refractivity contribution in [3.8, 4) is 17.5 Å². The van der Waals surface area contributed by atoms with Crippen LogP contribution in [0.4, 0.5) is 0 Å². The van der Waals surface area contributed by atoms with Crippen LogP contribution >= 0.6 is 0 Å². The van der Waals surface area contributed by atoms with Crippen LogP contribution in [-0.4, -0.2) is 28.0 Å². The monoisotopic (exact) mass is 308 g/mol. The summed E-state index contributed by atoms with van der Waals surface area (Å²) in [4.78, 5) is 4.31. The lowest BCUT2D eigenvalue weighted by atomic mass is 10.2. The van der Waals surface area contributed by atoms with Crippen LogP contribution in [0.25, 0.3) is 0 Å². The van der Waals surface area contributed by atoms with E-state index in [9.17, 15) is 8.76 Å². The van der Waals surface area contributed by atoms with Crippen LogP contribution in [0.3, 0.4) is 0 Å². The number of methoxy groups -OCH3 is 2. The number of hydrogen-bond donors (Lipinski definition) is 0. The highest BCUT2D eigenvalue weighted by atomic mass is 32.2. The van der Waals surface area contributed by atoms with Gasteiger partial charge in [0.1, 0.15) is 12.4 Å². The number of nitrogens with zero attached hydrogens (tertiary/aromatic N) is 1. The molecule has 0 saturated carbocycles. The van der Waals surface area contributed by atoms with Crippen LogP contribution in [0, 0.1) is 0 Å². The third kappa shape index (κ3) is 4.17. The third-order valence-corrected chi connectivity index (χ3v) is 3.34. The number of benzene rings is 1. The van der Waals surface area contributed by atoms with Gasteiger partial charge in [0.25, 0.3) is 0 Å². The first-order valence-electron chi connectivity index (χ1n) is 6.03. The van der Waals surface area contributed by atoms with Crippen LogP contribution in [0.15, 0.2) is 41.3 Å². The SMILES string of the molecule is COc1cc(COc2ccc(S(=O)[O-])cc2)cc(OC)n1. The van der Waals surface area contributed by atoms with Gasteiger partial charge in [-0.3, -0.25) is 4.21 Å². The molecule has 6 nitrogen and oxygen atoms in total. The molecule has 0 fully saturated rings. The highest BCUT2D eigenvalue weighted by molar-refractivity contribution is 7.79. The van der Waals surface area contributed by atoms with Crippen molar-refractivity contribution in [3.05, 3.63) is 42.0 Å². The molecule has 0 aliphatic carbocycles. The number of hydrogen-bond acceptors (Lipinski definition) is 6. The molecule has 2 rings (SSSR count). The highest BCUT2D eigenvalue weighted by Crippen LogP contribution is 2.20. The molecule has 0 bridgehead atoms. The first-order chi connectivity index (χ1) is 10.1. The molecule has 7 heteroatoms. The topological polar surface area (TPSA) is 80.7 Å². The molecule has 2 aromatic rings. The summed E-state index contributed by atoms with van der Waals surface area (Å²) < 4.78 is 37.3. The van der Waals surface area contributed by atoms with E-state index in [1.807, 2.05) is 0 Å². The molecule has 0 N–H and O–H groups in total. The minimum absolute atomic E-state index is 0.217. The van der Waals surface area contributed by atoms with Crippen molar-refractivity contribution in [2.45, 2.75) is 11.5 Å². The van der Waals surface area contributed by atoms with Gasteiger partial charge >= 0.3 is 0 Å². The van der Waals surface area contributed by atoms with Crippen LogP contribution < -0.4 is 14.2 Å². The van der Waals surface area contributed by atoms with Gasteiger partial charge in [-0.1, -0.05) is 0 Å². The maximum atomic E-state index is 10.8. The average Bonchev–Trinajstić information content (AvgIpc) is 2.52. The van der Waals surface area contributed by atoms with Gasteiger partial charge in [-0.15, -0.1) is 0 Å². The highest BCUT2D eigenvalue weighted by Gasteiger charge is 2.04. The fraction of sp³-hybridized carbons (Fsp3) is 0.214. The van der Waals surface area contributed by atoms with E-state index in [-0.39, 0.29) is 11.5 Å². The van der Waals surface area contributed by atoms with E-state index in [4.69, 9.17) is 14.2 Å². The van der Waals surface area contributed by atoms with Crippen molar-refractivity contribution in [3.63, 3.8) is 0 Å². The summed E-state index contributed by atoms with van der Waals surface area (Å²) in [5.41, 5.74) is 0.829. The summed E-state index contributed by atoms with van der Waals surface area (Å²) in [5.74, 6) is 1.44. The Labute approximate surface area is 125 Å². The second-order valence-corrected chi connectivity index (χ2v) is 5.00. The van der Waals surface area contributed by atoms with Gasteiger partial charge in [0, 0.05) is 17.0 Å². The summed E-state index contributed by atoms with van der Waals surface area (Å²) in [6.07, 6.45) is 0. The van der Waals surface area contributed by atoms with E-state index >= 15 is 0 Å². The Balaban J connectivity index is 2.06. The minimum atomic E-state index is -2.23. The molecule has 0 aliphatic rings. The van der Waals surface area contributed by atoms with Crippen LogP contribution in [0.1, 0.15) is 5.56 Å². The van der Waals surface area contributed by atoms with E-state index in [0.29, 0.717) is 17.5 Å². The Morgan fingerprint density at radius 1 is 1.10 bits per heavy atom. The molecule has 1 atom stereocenters. The largest absolute Gasteiger partial charge is 0.768 e. The lowest BCUT2D eigenvalue weighted by molar-refractivity contribution is 0.301. The van der Waals surface area contributed by atoms with E-state index in [0.717, 1.165) is 5.56 Å². The zero-order valence-corrected chi connectivity index (χ0v) is 12.4. The van der Waals surface area contributed by atoms with Gasteiger partial charge in [0.05, 0.1) is 14.2 Å². The summed E-state index contributed by atoms with van der Waals surface area (Å²) in [6.45, 7) is 0.287. The fourth-order valence-corrected chi connectivity index (χ4v) is 2.00. The van der Waals surface area contributed by atoms with E-state index in [1.54, 1.807) is 24.3 Å². The summed E-state index contributed by atoms with van der Waals surface area (Å²) in [5, 5.41) is 0. The van der Waals surface area contributed by atoms with Gasteiger partial charge < -0.3 is 18.8 Å². The molecule has 1 heterocycles. The van der Waals surface area contributed by atoms with Crippen LogP contribution in [-0.2, 0) is 17.7 Å². The Morgan fingerprint density at radius 2 is 1.67 bits per heavy atom. The Hall–Kier alpha value is -2.12. The van der Waals surface area contributed by atoms with Crippen molar-refractivity contribution in [2.24, 2.45) is 0 Å². The number of pyridine rings is 1. The molecule has 0 amide bonds. The fourth-order valence-electron chi connectivity index (χ4n) is 1.64. The molecule has 21 heavy (non-hydrogen) atoms. The molecule has 0 saturated heterocycles. The predicted molar refractivity (Wildman–Crippen MR) is 75.3 cm³/mol. The molecule has 0 aliphatic heterocycles. The van der Waals surface area contributed by atoms with Crippen molar-refractivity contribution in [2.75, 3.05) is 14.2 Å². The van der Waals surface area contributed by atoms with Gasteiger partial charge in [-0.2, -0.15) is 4.98 Å². The first kappa shape index (κ1) is 15.3. The van der Waals surface area contributed by atoms with Crippen molar-refractivity contribution in [1.29, 1.82) is 0 Å². The minimum Gasteiger partial charge on any atom is -0.768 e.